The Balaban J connectivity index is 1.80. The largest absolute Gasteiger partial charge is 0.326 e. The summed E-state index contributed by atoms with van der Waals surface area (Å²) in [7, 11) is 0. The Morgan fingerprint density at radius 1 is 1.00 bits per heavy atom. The molecule has 3 aromatic carbocycles. The van der Waals surface area contributed by atoms with E-state index in [0.29, 0.717) is 39.0 Å². The fourth-order valence-electron chi connectivity index (χ4n) is 3.19. The number of amides is 2. The number of carbonyl (C=O) groups is 2. The summed E-state index contributed by atoms with van der Waals surface area (Å²) in [5.74, 6) is -0.962. The van der Waals surface area contributed by atoms with Crippen LogP contribution in [0.5, 0.6) is 0 Å². The van der Waals surface area contributed by atoms with E-state index in [1.165, 1.54) is 0 Å². The molecule has 2 amide bonds. The van der Waals surface area contributed by atoms with Gasteiger partial charge in [-0.2, -0.15) is 5.26 Å². The lowest BCUT2D eigenvalue weighted by molar-refractivity contribution is -0.115. The SMILES string of the molecule is CCC(=O)Nc1ccc(C(=O)Nc2cc(Cl)c([C@H](C#N)c3ccc(Cl)cc3)cc2C)cc1. The number of nitriles is 1. The van der Waals surface area contributed by atoms with Gasteiger partial charge in [0.1, 0.15) is 0 Å². The van der Waals surface area contributed by atoms with Gasteiger partial charge >= 0.3 is 0 Å². The Morgan fingerprint density at radius 3 is 2.25 bits per heavy atom. The number of nitrogens with one attached hydrogen (secondary N) is 2. The minimum Gasteiger partial charge on any atom is -0.326 e. The third kappa shape index (κ3) is 5.47. The van der Waals surface area contributed by atoms with E-state index in [2.05, 4.69) is 16.7 Å². The van der Waals surface area contributed by atoms with E-state index < -0.39 is 5.92 Å². The Kier molecular flexibility index (Phi) is 7.53. The molecular formula is C25H21Cl2N3O2. The maximum atomic E-state index is 12.7. The molecule has 2 N–H and O–H groups in total. The maximum absolute atomic E-state index is 12.7. The highest BCUT2D eigenvalue weighted by Gasteiger charge is 2.19. The molecule has 5 nitrogen and oxygen atoms in total. The fraction of sp³-hybridized carbons (Fsp3) is 0.160. The molecule has 0 unspecified atom stereocenters. The molecule has 0 aliphatic rings. The molecule has 0 radical (unpaired) electrons. The Morgan fingerprint density at radius 2 is 1.66 bits per heavy atom. The van der Waals surface area contributed by atoms with Crippen LogP contribution >= 0.6 is 23.2 Å². The van der Waals surface area contributed by atoms with Crippen LogP contribution < -0.4 is 10.6 Å². The number of benzene rings is 3. The highest BCUT2D eigenvalue weighted by molar-refractivity contribution is 6.32. The van der Waals surface area contributed by atoms with Crippen LogP contribution in [-0.4, -0.2) is 11.8 Å². The minimum atomic E-state index is -0.561. The van der Waals surface area contributed by atoms with Crippen molar-refractivity contribution in [2.45, 2.75) is 26.2 Å². The molecule has 1 atom stereocenters. The molecule has 0 heterocycles. The van der Waals surface area contributed by atoms with Crippen LogP contribution in [0.2, 0.25) is 10.0 Å². The molecule has 0 bridgehead atoms. The van der Waals surface area contributed by atoms with Gasteiger partial charge in [-0.05, 0) is 66.1 Å². The zero-order valence-electron chi connectivity index (χ0n) is 17.6. The summed E-state index contributed by atoms with van der Waals surface area (Å²) >= 11 is 12.5. The number of hydrogen-bond donors (Lipinski definition) is 2. The number of rotatable bonds is 6. The number of hydrogen-bond acceptors (Lipinski definition) is 3. The molecule has 32 heavy (non-hydrogen) atoms. The molecule has 0 aromatic heterocycles. The Hall–Kier alpha value is -3.33. The smallest absolute Gasteiger partial charge is 0.255 e. The van der Waals surface area contributed by atoms with Crippen molar-refractivity contribution in [1.82, 2.24) is 0 Å². The summed E-state index contributed by atoms with van der Waals surface area (Å²) in [5, 5.41) is 16.3. The van der Waals surface area contributed by atoms with Crippen molar-refractivity contribution in [2.24, 2.45) is 0 Å². The van der Waals surface area contributed by atoms with Gasteiger partial charge in [-0.1, -0.05) is 48.3 Å². The summed E-state index contributed by atoms with van der Waals surface area (Å²) in [6.45, 7) is 3.61. The van der Waals surface area contributed by atoms with Crippen molar-refractivity contribution in [3.05, 3.63) is 93.0 Å². The van der Waals surface area contributed by atoms with Gasteiger partial charge in [-0.15, -0.1) is 0 Å². The van der Waals surface area contributed by atoms with E-state index in [1.54, 1.807) is 61.5 Å². The van der Waals surface area contributed by atoms with E-state index in [4.69, 9.17) is 23.2 Å². The molecule has 0 fully saturated rings. The van der Waals surface area contributed by atoms with E-state index in [1.807, 2.05) is 13.0 Å². The standard InChI is InChI=1S/C25H21Cl2N3O2/c1-3-24(31)29-19-10-6-17(7-11-19)25(32)30-23-13-22(27)20(12-15(23)2)21(14-28)16-4-8-18(26)9-5-16/h4-13,21H,3H2,1-2H3,(H,29,31)(H,30,32)/t21-/m1/s1. The second-order valence-corrected chi connectivity index (χ2v) is 8.08. The van der Waals surface area contributed by atoms with Crippen LogP contribution in [0.4, 0.5) is 11.4 Å². The first-order valence-corrected chi connectivity index (χ1v) is 10.7. The molecule has 0 spiro atoms. The number of aryl methyl sites for hydroxylation is 1. The molecule has 3 rings (SSSR count). The summed E-state index contributed by atoms with van der Waals surface area (Å²) in [5.41, 5.74) is 3.84. The number of carbonyl (C=O) groups excluding carboxylic acids is 2. The molecule has 3 aromatic rings. The van der Waals surface area contributed by atoms with E-state index >= 15 is 0 Å². The fourth-order valence-corrected chi connectivity index (χ4v) is 3.59. The first-order chi connectivity index (χ1) is 15.3. The van der Waals surface area contributed by atoms with Crippen LogP contribution in [-0.2, 0) is 4.79 Å². The summed E-state index contributed by atoms with van der Waals surface area (Å²) in [4.78, 5) is 24.2. The van der Waals surface area contributed by atoms with Crippen LogP contribution in [0.15, 0.2) is 60.7 Å². The predicted molar refractivity (Wildman–Crippen MR) is 128 cm³/mol. The van der Waals surface area contributed by atoms with E-state index in [-0.39, 0.29) is 11.8 Å². The van der Waals surface area contributed by atoms with Crippen LogP contribution in [0.25, 0.3) is 0 Å². The Labute approximate surface area is 197 Å². The van der Waals surface area contributed by atoms with Gasteiger partial charge in [-0.25, -0.2) is 0 Å². The normalized spacial score (nSPS) is 11.3. The number of nitrogens with zero attached hydrogens (tertiary/aromatic N) is 1. The molecule has 7 heteroatoms. The number of anilines is 2. The monoisotopic (exact) mass is 465 g/mol. The van der Waals surface area contributed by atoms with Gasteiger partial charge in [0.2, 0.25) is 5.91 Å². The van der Waals surface area contributed by atoms with Crippen molar-refractivity contribution in [1.29, 1.82) is 5.26 Å². The van der Waals surface area contributed by atoms with Crippen molar-refractivity contribution in [2.75, 3.05) is 10.6 Å². The lowest BCUT2D eigenvalue weighted by Gasteiger charge is -2.16. The van der Waals surface area contributed by atoms with Crippen molar-refractivity contribution >= 4 is 46.4 Å². The van der Waals surface area contributed by atoms with Gasteiger partial charge in [0.25, 0.3) is 5.91 Å². The lowest BCUT2D eigenvalue weighted by atomic mass is 9.91. The van der Waals surface area contributed by atoms with Gasteiger partial charge in [0.05, 0.1) is 12.0 Å². The third-order valence-electron chi connectivity index (χ3n) is 4.99. The van der Waals surface area contributed by atoms with Gasteiger partial charge in [0.15, 0.2) is 0 Å². The second-order valence-electron chi connectivity index (χ2n) is 7.24. The van der Waals surface area contributed by atoms with Crippen LogP contribution in [0, 0.1) is 18.3 Å². The topological polar surface area (TPSA) is 82.0 Å². The summed E-state index contributed by atoms with van der Waals surface area (Å²) in [6, 6.07) is 19.4. The molecule has 0 saturated carbocycles. The van der Waals surface area contributed by atoms with Crippen LogP contribution in [0.3, 0.4) is 0 Å². The molecular weight excluding hydrogens is 445 g/mol. The average molecular weight is 466 g/mol. The van der Waals surface area contributed by atoms with Crippen molar-refractivity contribution in [3.8, 4) is 6.07 Å². The zero-order chi connectivity index (χ0) is 23.3. The first kappa shape index (κ1) is 23.3. The highest BCUT2D eigenvalue weighted by Crippen LogP contribution is 2.34. The van der Waals surface area contributed by atoms with E-state index in [0.717, 1.165) is 11.1 Å². The molecule has 162 valence electrons. The predicted octanol–water partition coefficient (Wildman–Crippen LogP) is 6.56. The average Bonchev–Trinajstić information content (AvgIpc) is 2.79. The first-order valence-electron chi connectivity index (χ1n) is 9.98. The van der Waals surface area contributed by atoms with Crippen LogP contribution in [0.1, 0.15) is 46.3 Å². The van der Waals surface area contributed by atoms with Crippen molar-refractivity contribution < 1.29 is 9.59 Å². The highest BCUT2D eigenvalue weighted by atomic mass is 35.5. The molecule has 0 aliphatic heterocycles. The van der Waals surface area contributed by atoms with Gasteiger partial charge in [-0.3, -0.25) is 9.59 Å². The van der Waals surface area contributed by atoms with Gasteiger partial charge in [0, 0.05) is 33.4 Å². The van der Waals surface area contributed by atoms with Gasteiger partial charge < -0.3 is 10.6 Å². The van der Waals surface area contributed by atoms with E-state index in [9.17, 15) is 14.9 Å². The maximum Gasteiger partial charge on any atom is 0.255 e. The summed E-state index contributed by atoms with van der Waals surface area (Å²) < 4.78 is 0. The summed E-state index contributed by atoms with van der Waals surface area (Å²) in [6.07, 6.45) is 0.378. The second kappa shape index (κ2) is 10.3. The quantitative estimate of drug-likeness (QED) is 0.432. The minimum absolute atomic E-state index is 0.0955. The number of halogens is 2. The third-order valence-corrected chi connectivity index (χ3v) is 5.57. The molecule has 0 aliphatic carbocycles. The zero-order valence-corrected chi connectivity index (χ0v) is 19.1. The molecule has 0 saturated heterocycles. The Bertz CT molecular complexity index is 1180. The van der Waals surface area contributed by atoms with Crippen molar-refractivity contribution in [3.63, 3.8) is 0 Å². The lowest BCUT2D eigenvalue weighted by Crippen LogP contribution is -2.14.